The topological polar surface area (TPSA) is 76.5 Å². The molecule has 7 nitrogen and oxygen atoms in total. The number of amides is 1. The van der Waals surface area contributed by atoms with Gasteiger partial charge < -0.3 is 15.0 Å². The van der Waals surface area contributed by atoms with Gasteiger partial charge in [0.1, 0.15) is 11.5 Å². The lowest BCUT2D eigenvalue weighted by molar-refractivity contribution is 0.102. The van der Waals surface area contributed by atoms with Crippen molar-refractivity contribution in [2.24, 2.45) is 0 Å². The number of pyridine rings is 2. The Balaban J connectivity index is 1.67. The van der Waals surface area contributed by atoms with Gasteiger partial charge in [-0.05, 0) is 74.7 Å². The highest BCUT2D eigenvalue weighted by Crippen LogP contribution is 2.29. The van der Waals surface area contributed by atoms with Gasteiger partial charge in [0.05, 0.1) is 18.9 Å². The molecule has 1 aromatic carbocycles. The number of ether oxygens (including phenoxy) is 1. The van der Waals surface area contributed by atoms with Crippen LogP contribution in [0.25, 0.3) is 11.1 Å². The molecule has 4 rings (SSSR count). The van der Waals surface area contributed by atoms with Crippen LogP contribution in [0.5, 0.6) is 0 Å². The van der Waals surface area contributed by atoms with Crippen molar-refractivity contribution in [2.45, 2.75) is 39.9 Å². The van der Waals surface area contributed by atoms with Crippen LogP contribution >= 0.6 is 0 Å². The van der Waals surface area contributed by atoms with E-state index in [2.05, 4.69) is 15.2 Å². The van der Waals surface area contributed by atoms with Crippen molar-refractivity contribution < 1.29 is 13.9 Å². The molecule has 1 aliphatic heterocycles. The summed E-state index contributed by atoms with van der Waals surface area (Å²) >= 11 is 0. The zero-order valence-electron chi connectivity index (χ0n) is 20.6. The summed E-state index contributed by atoms with van der Waals surface area (Å²) in [4.78, 5) is 32.1. The first-order chi connectivity index (χ1) is 16.7. The van der Waals surface area contributed by atoms with E-state index in [-0.39, 0.29) is 17.2 Å². The zero-order chi connectivity index (χ0) is 25.2. The first-order valence-corrected chi connectivity index (χ1v) is 11.8. The van der Waals surface area contributed by atoms with Crippen molar-refractivity contribution in [3.63, 3.8) is 0 Å². The maximum atomic E-state index is 14.3. The number of hydrogen-bond acceptors (Lipinski definition) is 5. The fraction of sp³-hybridized carbons (Fsp3) is 0.370. The summed E-state index contributed by atoms with van der Waals surface area (Å²) in [5.41, 5.74) is 2.02. The van der Waals surface area contributed by atoms with Gasteiger partial charge in [-0.15, -0.1) is 0 Å². The van der Waals surface area contributed by atoms with Crippen LogP contribution in [0.15, 0.2) is 53.5 Å². The van der Waals surface area contributed by atoms with Gasteiger partial charge in [0.25, 0.3) is 11.5 Å². The normalized spacial score (nSPS) is 14.1. The van der Waals surface area contributed by atoms with Crippen LogP contribution in [0.1, 0.15) is 42.4 Å². The molecule has 1 aliphatic rings. The van der Waals surface area contributed by atoms with E-state index in [4.69, 9.17) is 4.74 Å². The van der Waals surface area contributed by atoms with E-state index in [1.165, 1.54) is 26.1 Å². The molecule has 1 amide bonds. The van der Waals surface area contributed by atoms with Crippen molar-refractivity contribution >= 4 is 17.4 Å². The molecule has 3 aromatic rings. The fourth-order valence-electron chi connectivity index (χ4n) is 4.22. The second-order valence-corrected chi connectivity index (χ2v) is 9.17. The lowest BCUT2D eigenvalue weighted by Gasteiger charge is -2.31. The molecule has 1 N–H and O–H groups in total. The highest BCUT2D eigenvalue weighted by atomic mass is 19.1. The van der Waals surface area contributed by atoms with Gasteiger partial charge in [-0.1, -0.05) is 6.07 Å². The number of carbonyl (C=O) groups is 1. The largest absolute Gasteiger partial charge is 0.378 e. The van der Waals surface area contributed by atoms with E-state index in [0.29, 0.717) is 31.0 Å². The molecule has 1 fully saturated rings. The Morgan fingerprint density at radius 3 is 2.57 bits per heavy atom. The molecule has 1 saturated heterocycles. The minimum absolute atomic E-state index is 0.0708. The number of aromatic nitrogens is 2. The fourth-order valence-corrected chi connectivity index (χ4v) is 4.22. The average Bonchev–Trinajstić information content (AvgIpc) is 2.84. The maximum absolute atomic E-state index is 14.3. The Bertz CT molecular complexity index is 1290. The predicted molar refractivity (Wildman–Crippen MR) is 136 cm³/mol. The van der Waals surface area contributed by atoms with Crippen molar-refractivity contribution in [3.8, 4) is 11.1 Å². The van der Waals surface area contributed by atoms with Gasteiger partial charge in [-0.3, -0.25) is 19.1 Å². The van der Waals surface area contributed by atoms with Gasteiger partial charge in [0.15, 0.2) is 0 Å². The first kappa shape index (κ1) is 24.6. The number of halogens is 1. The molecule has 35 heavy (non-hydrogen) atoms. The van der Waals surface area contributed by atoms with Gasteiger partial charge in [-0.25, -0.2) is 4.39 Å². The summed E-state index contributed by atoms with van der Waals surface area (Å²) in [7, 11) is 0. The van der Waals surface area contributed by atoms with Crippen LogP contribution in [-0.2, 0) is 17.0 Å². The molecule has 0 aliphatic carbocycles. The number of carbonyl (C=O) groups excluding carboxylic acids is 1. The molecule has 2 aromatic heterocycles. The minimum Gasteiger partial charge on any atom is -0.378 e. The SMILES string of the molecule is CCn1c(N2CCOCC2)cc(-c2cc(NC(=O)c3ccnc(C(C)(C)F)c3)ccc2C)cc1=O. The molecule has 0 radical (unpaired) electrons. The Hall–Kier alpha value is -3.52. The van der Waals surface area contributed by atoms with Crippen LogP contribution in [0.3, 0.4) is 0 Å². The Morgan fingerprint density at radius 2 is 1.89 bits per heavy atom. The van der Waals surface area contributed by atoms with Gasteiger partial charge in [-0.2, -0.15) is 0 Å². The van der Waals surface area contributed by atoms with E-state index < -0.39 is 5.67 Å². The lowest BCUT2D eigenvalue weighted by atomic mass is 10.00. The number of hydrogen-bond donors (Lipinski definition) is 1. The Kier molecular flexibility index (Phi) is 7.03. The maximum Gasteiger partial charge on any atom is 0.255 e. The molecule has 184 valence electrons. The van der Waals surface area contributed by atoms with Gasteiger partial charge in [0.2, 0.25) is 0 Å². The summed E-state index contributed by atoms with van der Waals surface area (Å²) in [6, 6.07) is 12.3. The molecular weight excluding hydrogens is 447 g/mol. The highest BCUT2D eigenvalue weighted by molar-refractivity contribution is 6.04. The Morgan fingerprint density at radius 1 is 1.14 bits per heavy atom. The van der Waals surface area contributed by atoms with Crippen molar-refractivity contribution in [2.75, 3.05) is 36.5 Å². The molecule has 0 atom stereocenters. The monoisotopic (exact) mass is 478 g/mol. The van der Waals surface area contributed by atoms with E-state index in [1.54, 1.807) is 16.7 Å². The molecule has 0 spiro atoms. The molecule has 8 heteroatoms. The van der Waals surface area contributed by atoms with E-state index >= 15 is 0 Å². The van der Waals surface area contributed by atoms with Gasteiger partial charge >= 0.3 is 0 Å². The lowest BCUT2D eigenvalue weighted by Crippen LogP contribution is -2.39. The smallest absolute Gasteiger partial charge is 0.255 e. The van der Waals surface area contributed by atoms with E-state index in [9.17, 15) is 14.0 Å². The number of rotatable bonds is 6. The van der Waals surface area contributed by atoms with E-state index in [0.717, 1.165) is 35.6 Å². The predicted octanol–water partition coefficient (Wildman–Crippen LogP) is 4.53. The van der Waals surface area contributed by atoms with Crippen LogP contribution in [-0.4, -0.2) is 41.8 Å². The second kappa shape index (κ2) is 10.00. The van der Waals surface area contributed by atoms with Gasteiger partial charge in [0, 0.05) is 43.1 Å². The standard InChI is InChI=1S/C27H31FN4O3/c1-5-32-24(31-10-12-35-13-11-31)15-20(16-25(32)33)22-17-21(7-6-18(22)2)30-26(34)19-8-9-29-23(14-19)27(3,4)28/h6-9,14-17H,5,10-13H2,1-4H3,(H,30,34). The quantitative estimate of drug-likeness (QED) is 0.563. The molecule has 0 unspecified atom stereocenters. The number of nitrogens with one attached hydrogen (secondary N) is 1. The summed E-state index contributed by atoms with van der Waals surface area (Å²) in [5.74, 6) is 0.508. The van der Waals surface area contributed by atoms with Crippen LogP contribution in [0, 0.1) is 6.92 Å². The number of alkyl halides is 1. The second-order valence-electron chi connectivity index (χ2n) is 9.17. The number of nitrogens with zero attached hydrogens (tertiary/aromatic N) is 3. The molecule has 3 heterocycles. The third-order valence-corrected chi connectivity index (χ3v) is 6.20. The Labute approximate surface area is 204 Å². The van der Waals surface area contributed by atoms with Crippen molar-refractivity contribution in [1.29, 1.82) is 0 Å². The minimum atomic E-state index is -1.65. The summed E-state index contributed by atoms with van der Waals surface area (Å²) in [6.45, 7) is 10.0. The summed E-state index contributed by atoms with van der Waals surface area (Å²) in [6.07, 6.45) is 1.43. The van der Waals surface area contributed by atoms with Crippen molar-refractivity contribution in [3.05, 3.63) is 75.8 Å². The van der Waals surface area contributed by atoms with Crippen LogP contribution in [0.2, 0.25) is 0 Å². The number of morpholine rings is 1. The number of anilines is 2. The molecule has 0 saturated carbocycles. The highest BCUT2D eigenvalue weighted by Gasteiger charge is 2.22. The third kappa shape index (κ3) is 5.43. The first-order valence-electron chi connectivity index (χ1n) is 11.8. The zero-order valence-corrected chi connectivity index (χ0v) is 20.6. The molecular formula is C27H31FN4O3. The number of benzene rings is 1. The third-order valence-electron chi connectivity index (χ3n) is 6.20. The molecule has 0 bridgehead atoms. The average molecular weight is 479 g/mol. The van der Waals surface area contributed by atoms with E-state index in [1.807, 2.05) is 38.1 Å². The summed E-state index contributed by atoms with van der Waals surface area (Å²) in [5, 5.41) is 2.89. The van der Waals surface area contributed by atoms with Crippen LogP contribution in [0.4, 0.5) is 15.9 Å². The number of aryl methyl sites for hydroxylation is 1. The van der Waals surface area contributed by atoms with Crippen LogP contribution < -0.4 is 15.8 Å². The summed E-state index contributed by atoms with van der Waals surface area (Å²) < 4.78 is 21.5. The van der Waals surface area contributed by atoms with Crippen molar-refractivity contribution in [1.82, 2.24) is 9.55 Å².